The average molecular weight is 450 g/mol. The molecule has 8 heteroatoms. The molecule has 0 saturated carbocycles. The Balaban J connectivity index is 2.15. The summed E-state index contributed by atoms with van der Waals surface area (Å²) in [7, 11) is 1.53. The van der Waals surface area contributed by atoms with Gasteiger partial charge in [-0.3, -0.25) is 5.32 Å². The van der Waals surface area contributed by atoms with E-state index in [9.17, 15) is 14.9 Å². The molecule has 1 amide bonds. The van der Waals surface area contributed by atoms with Gasteiger partial charge in [0.25, 0.3) is 0 Å². The minimum atomic E-state index is -0.735. The van der Waals surface area contributed by atoms with Crippen LogP contribution in [0.2, 0.25) is 0 Å². The fourth-order valence-electron chi connectivity index (χ4n) is 3.35. The lowest BCUT2D eigenvalue weighted by atomic mass is 10.1. The van der Waals surface area contributed by atoms with Crippen LogP contribution in [0.25, 0.3) is 22.2 Å². The molecule has 1 aromatic heterocycles. The van der Waals surface area contributed by atoms with Crippen molar-refractivity contribution in [2.24, 2.45) is 0 Å². The van der Waals surface area contributed by atoms with Gasteiger partial charge in [-0.2, -0.15) is 5.26 Å². The highest BCUT2D eigenvalue weighted by atomic mass is 16.6. The van der Waals surface area contributed by atoms with Crippen molar-refractivity contribution in [3.8, 4) is 23.1 Å². The first kappa shape index (κ1) is 23.7. The number of benzene rings is 2. The number of hydrogen-bond acceptors (Lipinski definition) is 6. The fourth-order valence-corrected chi connectivity index (χ4v) is 3.35. The number of carbonyl (C=O) groups is 2. The highest BCUT2D eigenvalue weighted by Crippen LogP contribution is 2.36. The number of amides is 1. The third kappa shape index (κ3) is 5.26. The molecule has 0 aliphatic heterocycles. The van der Waals surface area contributed by atoms with Gasteiger partial charge in [-0.1, -0.05) is 12.1 Å². The summed E-state index contributed by atoms with van der Waals surface area (Å²) in [6.45, 7) is 8.85. The molecule has 0 aliphatic carbocycles. The van der Waals surface area contributed by atoms with Crippen molar-refractivity contribution in [2.75, 3.05) is 12.4 Å². The van der Waals surface area contributed by atoms with Crippen LogP contribution in [0.3, 0.4) is 0 Å². The number of anilines is 1. The maximum atomic E-state index is 13.2. The lowest BCUT2D eigenvalue weighted by molar-refractivity contribution is 0.0547. The second-order valence-corrected chi connectivity index (χ2v) is 8.69. The van der Waals surface area contributed by atoms with E-state index in [0.29, 0.717) is 39.2 Å². The molecule has 33 heavy (non-hydrogen) atoms. The summed E-state index contributed by atoms with van der Waals surface area (Å²) < 4.78 is 17.4. The van der Waals surface area contributed by atoms with E-state index in [1.807, 2.05) is 0 Å². The Morgan fingerprint density at radius 1 is 1.09 bits per heavy atom. The second kappa shape index (κ2) is 9.25. The summed E-state index contributed by atoms with van der Waals surface area (Å²) in [5, 5.41) is 13.2. The normalized spacial score (nSPS) is 11.2. The molecular weight excluding hydrogens is 422 g/mol. The number of methoxy groups -OCH3 is 1. The fraction of sp³-hybridized carbons (Fsp3) is 0.320. The number of rotatable bonds is 4. The van der Waals surface area contributed by atoms with Gasteiger partial charge in [-0.05, 0) is 58.9 Å². The zero-order chi connectivity index (χ0) is 24.3. The quantitative estimate of drug-likeness (QED) is 0.530. The number of nitrogens with zero attached hydrogens (tertiary/aromatic N) is 2. The van der Waals surface area contributed by atoms with Crippen molar-refractivity contribution >= 4 is 28.8 Å². The summed E-state index contributed by atoms with van der Waals surface area (Å²) in [4.78, 5) is 25.1. The monoisotopic (exact) mass is 449 g/mol. The Kier molecular flexibility index (Phi) is 6.63. The van der Waals surface area contributed by atoms with Crippen LogP contribution in [0.5, 0.6) is 5.75 Å². The van der Waals surface area contributed by atoms with Crippen LogP contribution in [0.4, 0.5) is 15.3 Å². The predicted molar refractivity (Wildman–Crippen MR) is 126 cm³/mol. The smallest absolute Gasteiger partial charge is 0.419 e. The molecule has 0 aliphatic rings. The molecule has 0 spiro atoms. The van der Waals surface area contributed by atoms with E-state index in [1.54, 1.807) is 77.1 Å². The molecule has 3 aromatic rings. The Morgan fingerprint density at radius 3 is 2.30 bits per heavy atom. The summed E-state index contributed by atoms with van der Waals surface area (Å²) in [6.07, 6.45) is -1.42. The Bertz CT molecular complexity index is 1230. The number of nitrogens with one attached hydrogen (secondary N) is 1. The van der Waals surface area contributed by atoms with Crippen LogP contribution < -0.4 is 10.1 Å². The van der Waals surface area contributed by atoms with E-state index >= 15 is 0 Å². The van der Waals surface area contributed by atoms with E-state index in [4.69, 9.17) is 14.2 Å². The lowest BCUT2D eigenvalue weighted by Crippen LogP contribution is -2.27. The zero-order valence-electron chi connectivity index (χ0n) is 19.6. The summed E-state index contributed by atoms with van der Waals surface area (Å²) >= 11 is 0. The van der Waals surface area contributed by atoms with Gasteiger partial charge >= 0.3 is 12.2 Å². The summed E-state index contributed by atoms with van der Waals surface area (Å²) in [5.41, 5.74) is 1.61. The van der Waals surface area contributed by atoms with Crippen molar-refractivity contribution < 1.29 is 23.8 Å². The molecule has 1 heterocycles. The maximum Gasteiger partial charge on any atom is 0.419 e. The number of aromatic nitrogens is 1. The molecule has 0 unspecified atom stereocenters. The molecule has 0 radical (unpaired) electrons. The largest absolute Gasteiger partial charge is 0.497 e. The SMILES string of the molecule is COc1ccc2c(C#N)c(-c3ccc(NC(=O)OC(C)C)cc3)n(C(=O)OC(C)(C)C)c2c1. The highest BCUT2D eigenvalue weighted by molar-refractivity contribution is 6.02. The van der Waals surface area contributed by atoms with Gasteiger partial charge in [0.2, 0.25) is 0 Å². The molecule has 0 fully saturated rings. The minimum absolute atomic E-state index is 0.246. The van der Waals surface area contributed by atoms with Crippen LogP contribution in [-0.4, -0.2) is 35.6 Å². The summed E-state index contributed by atoms with van der Waals surface area (Å²) in [6, 6.07) is 14.2. The second-order valence-electron chi connectivity index (χ2n) is 8.69. The van der Waals surface area contributed by atoms with Gasteiger partial charge in [0, 0.05) is 22.7 Å². The van der Waals surface area contributed by atoms with Crippen LogP contribution >= 0.6 is 0 Å². The standard InChI is InChI=1S/C25H27N3O5/c1-15(2)32-23(29)27-17-9-7-16(8-10-17)22-20(14-26)19-12-11-18(31-6)13-21(19)28(22)24(30)33-25(3,4)5/h7-13,15H,1-6H3,(H,27,29). The first-order valence-corrected chi connectivity index (χ1v) is 10.5. The van der Waals surface area contributed by atoms with Crippen molar-refractivity contribution in [1.29, 1.82) is 5.26 Å². The van der Waals surface area contributed by atoms with Crippen LogP contribution in [-0.2, 0) is 9.47 Å². The van der Waals surface area contributed by atoms with Crippen molar-refractivity contribution in [3.05, 3.63) is 48.0 Å². The Labute approximate surface area is 192 Å². The number of fused-ring (bicyclic) bond motifs is 1. The molecule has 0 saturated heterocycles. The van der Waals surface area contributed by atoms with Gasteiger partial charge in [-0.15, -0.1) is 0 Å². The van der Waals surface area contributed by atoms with Crippen LogP contribution in [0.15, 0.2) is 42.5 Å². The Morgan fingerprint density at radius 2 is 1.76 bits per heavy atom. The van der Waals surface area contributed by atoms with Gasteiger partial charge < -0.3 is 14.2 Å². The van der Waals surface area contributed by atoms with E-state index in [0.717, 1.165) is 0 Å². The number of nitriles is 1. The number of carbonyl (C=O) groups excluding carboxylic acids is 2. The molecule has 3 rings (SSSR count). The first-order valence-electron chi connectivity index (χ1n) is 10.5. The molecular formula is C25H27N3O5. The van der Waals surface area contributed by atoms with Gasteiger partial charge in [0.1, 0.15) is 17.4 Å². The molecule has 172 valence electrons. The molecule has 0 bridgehead atoms. The average Bonchev–Trinajstić information content (AvgIpc) is 3.05. The van der Waals surface area contributed by atoms with E-state index in [-0.39, 0.29) is 6.10 Å². The Hall–Kier alpha value is -3.99. The highest BCUT2D eigenvalue weighted by Gasteiger charge is 2.27. The maximum absolute atomic E-state index is 13.2. The van der Waals surface area contributed by atoms with Crippen molar-refractivity contribution in [2.45, 2.75) is 46.3 Å². The van der Waals surface area contributed by atoms with Crippen LogP contribution in [0.1, 0.15) is 40.2 Å². The predicted octanol–water partition coefficient (Wildman–Crippen LogP) is 5.93. The van der Waals surface area contributed by atoms with Crippen molar-refractivity contribution in [3.63, 3.8) is 0 Å². The molecule has 8 nitrogen and oxygen atoms in total. The zero-order valence-corrected chi connectivity index (χ0v) is 19.6. The van der Waals surface area contributed by atoms with Gasteiger partial charge in [0.15, 0.2) is 0 Å². The van der Waals surface area contributed by atoms with Gasteiger partial charge in [-0.25, -0.2) is 14.2 Å². The van der Waals surface area contributed by atoms with Crippen LogP contribution in [0, 0.1) is 11.3 Å². The number of ether oxygens (including phenoxy) is 3. The molecule has 2 aromatic carbocycles. The lowest BCUT2D eigenvalue weighted by Gasteiger charge is -2.21. The van der Waals surface area contributed by atoms with Crippen molar-refractivity contribution in [1.82, 2.24) is 4.57 Å². The van der Waals surface area contributed by atoms with Gasteiger partial charge in [0.05, 0.1) is 30.0 Å². The molecule has 1 N–H and O–H groups in total. The van der Waals surface area contributed by atoms with E-state index in [2.05, 4.69) is 11.4 Å². The minimum Gasteiger partial charge on any atom is -0.497 e. The van der Waals surface area contributed by atoms with E-state index in [1.165, 1.54) is 11.7 Å². The number of hydrogen-bond donors (Lipinski definition) is 1. The first-order chi connectivity index (χ1) is 15.5. The molecule has 0 atom stereocenters. The topological polar surface area (TPSA) is 103 Å². The third-order valence-corrected chi connectivity index (χ3v) is 4.61. The van der Waals surface area contributed by atoms with E-state index < -0.39 is 17.8 Å². The summed E-state index contributed by atoms with van der Waals surface area (Å²) in [5.74, 6) is 0.545. The third-order valence-electron chi connectivity index (χ3n) is 4.61.